The Balaban J connectivity index is 2.20. The lowest BCUT2D eigenvalue weighted by molar-refractivity contribution is 0.476. The molecular formula is C14H17N5O. The molecule has 0 spiro atoms. The number of aromatic nitrogens is 2. The molecule has 104 valence electrons. The standard InChI is InChI=1S/C14H17N5O/c1-3-19(4-2)11-7-8-12(13(20)10-11)16-18-14-6-5-9-15-17-14/h5-10,20H,3-4H2,1-2H3. The van der Waals surface area contributed by atoms with Gasteiger partial charge in [-0.15, -0.1) is 15.3 Å². The van der Waals surface area contributed by atoms with Crippen LogP contribution in [0.25, 0.3) is 0 Å². The number of phenolic OH excluding ortho intramolecular Hbond substituents is 1. The Hall–Kier alpha value is -2.50. The van der Waals surface area contributed by atoms with Crippen LogP contribution in [0.3, 0.4) is 0 Å². The minimum absolute atomic E-state index is 0.0991. The summed E-state index contributed by atoms with van der Waals surface area (Å²) in [5, 5.41) is 25.4. The first-order valence-corrected chi connectivity index (χ1v) is 6.52. The largest absolute Gasteiger partial charge is 0.506 e. The molecule has 1 aromatic carbocycles. The molecule has 1 N–H and O–H groups in total. The Morgan fingerprint density at radius 3 is 2.55 bits per heavy atom. The van der Waals surface area contributed by atoms with E-state index in [4.69, 9.17) is 0 Å². The molecule has 6 heteroatoms. The summed E-state index contributed by atoms with van der Waals surface area (Å²) in [6.07, 6.45) is 1.56. The van der Waals surface area contributed by atoms with Gasteiger partial charge in [0.05, 0.1) is 0 Å². The Bertz CT molecular complexity index is 581. The number of benzene rings is 1. The number of azo groups is 1. The third-order valence-electron chi connectivity index (χ3n) is 2.91. The molecule has 1 heterocycles. The van der Waals surface area contributed by atoms with Crippen LogP contribution < -0.4 is 4.90 Å². The van der Waals surface area contributed by atoms with Gasteiger partial charge in [-0.25, -0.2) is 0 Å². The molecule has 0 unspecified atom stereocenters. The summed E-state index contributed by atoms with van der Waals surface area (Å²) in [7, 11) is 0. The molecule has 0 fully saturated rings. The second-order valence-electron chi connectivity index (χ2n) is 4.13. The SMILES string of the molecule is CCN(CC)c1ccc(N=Nc2cccnn2)c(O)c1. The number of aromatic hydroxyl groups is 1. The fourth-order valence-electron chi connectivity index (χ4n) is 1.83. The van der Waals surface area contributed by atoms with Gasteiger partial charge in [-0.1, -0.05) is 0 Å². The van der Waals surface area contributed by atoms with Gasteiger partial charge in [0.15, 0.2) is 5.82 Å². The van der Waals surface area contributed by atoms with Crippen LogP contribution in [0.2, 0.25) is 0 Å². The molecule has 1 aromatic heterocycles. The van der Waals surface area contributed by atoms with E-state index in [1.807, 2.05) is 6.07 Å². The maximum absolute atomic E-state index is 9.99. The highest BCUT2D eigenvalue weighted by atomic mass is 16.3. The number of phenols is 1. The van der Waals surface area contributed by atoms with E-state index in [0.29, 0.717) is 11.5 Å². The van der Waals surface area contributed by atoms with E-state index in [9.17, 15) is 5.11 Å². The van der Waals surface area contributed by atoms with Crippen molar-refractivity contribution in [2.75, 3.05) is 18.0 Å². The van der Waals surface area contributed by atoms with Crippen LogP contribution in [0, 0.1) is 0 Å². The van der Waals surface area contributed by atoms with E-state index in [0.717, 1.165) is 18.8 Å². The van der Waals surface area contributed by atoms with Gasteiger partial charge in [0, 0.05) is 31.0 Å². The zero-order valence-corrected chi connectivity index (χ0v) is 11.6. The van der Waals surface area contributed by atoms with Crippen LogP contribution in [0.4, 0.5) is 17.2 Å². The van der Waals surface area contributed by atoms with Crippen molar-refractivity contribution >= 4 is 17.2 Å². The van der Waals surface area contributed by atoms with E-state index in [2.05, 4.69) is 39.2 Å². The molecule has 0 radical (unpaired) electrons. The van der Waals surface area contributed by atoms with Crippen molar-refractivity contribution in [1.29, 1.82) is 0 Å². The zero-order chi connectivity index (χ0) is 14.4. The summed E-state index contributed by atoms with van der Waals surface area (Å²) in [4.78, 5) is 2.14. The number of hydrogen-bond donors (Lipinski definition) is 1. The summed E-state index contributed by atoms with van der Waals surface area (Å²) in [5.74, 6) is 0.502. The Kier molecular flexibility index (Phi) is 4.60. The van der Waals surface area contributed by atoms with E-state index < -0.39 is 0 Å². The van der Waals surface area contributed by atoms with Crippen molar-refractivity contribution in [3.05, 3.63) is 36.5 Å². The van der Waals surface area contributed by atoms with E-state index in [-0.39, 0.29) is 5.75 Å². The fourth-order valence-corrected chi connectivity index (χ4v) is 1.83. The molecule has 2 rings (SSSR count). The lowest BCUT2D eigenvalue weighted by Crippen LogP contribution is -2.21. The van der Waals surface area contributed by atoms with Gasteiger partial charge in [0.25, 0.3) is 0 Å². The molecule has 0 atom stereocenters. The first kappa shape index (κ1) is 13.9. The molecule has 20 heavy (non-hydrogen) atoms. The normalized spacial score (nSPS) is 10.9. The monoisotopic (exact) mass is 271 g/mol. The van der Waals surface area contributed by atoms with Crippen LogP contribution in [0.5, 0.6) is 5.75 Å². The second-order valence-corrected chi connectivity index (χ2v) is 4.13. The van der Waals surface area contributed by atoms with E-state index in [1.165, 1.54) is 0 Å². The summed E-state index contributed by atoms with van der Waals surface area (Å²) in [5.41, 5.74) is 1.37. The Morgan fingerprint density at radius 2 is 1.95 bits per heavy atom. The maximum Gasteiger partial charge on any atom is 0.196 e. The van der Waals surface area contributed by atoms with Gasteiger partial charge in [-0.3, -0.25) is 0 Å². The number of rotatable bonds is 5. The average molecular weight is 271 g/mol. The highest BCUT2D eigenvalue weighted by Gasteiger charge is 2.06. The first-order chi connectivity index (χ1) is 9.74. The molecule has 6 nitrogen and oxygen atoms in total. The van der Waals surface area contributed by atoms with Crippen LogP contribution in [-0.2, 0) is 0 Å². The van der Waals surface area contributed by atoms with Crippen molar-refractivity contribution < 1.29 is 5.11 Å². The Morgan fingerprint density at radius 1 is 1.15 bits per heavy atom. The number of nitrogens with zero attached hydrogens (tertiary/aromatic N) is 5. The minimum Gasteiger partial charge on any atom is -0.506 e. The predicted molar refractivity (Wildman–Crippen MR) is 77.9 cm³/mol. The van der Waals surface area contributed by atoms with Gasteiger partial charge in [0.2, 0.25) is 0 Å². The van der Waals surface area contributed by atoms with Crippen LogP contribution in [0.15, 0.2) is 46.8 Å². The molecule has 0 amide bonds. The lowest BCUT2D eigenvalue weighted by Gasteiger charge is -2.21. The zero-order valence-electron chi connectivity index (χ0n) is 11.6. The summed E-state index contributed by atoms with van der Waals surface area (Å²) < 4.78 is 0. The summed E-state index contributed by atoms with van der Waals surface area (Å²) in [6, 6.07) is 8.77. The van der Waals surface area contributed by atoms with Crippen molar-refractivity contribution in [3.8, 4) is 5.75 Å². The molecular weight excluding hydrogens is 254 g/mol. The second kappa shape index (κ2) is 6.60. The van der Waals surface area contributed by atoms with Crippen molar-refractivity contribution in [1.82, 2.24) is 10.2 Å². The summed E-state index contributed by atoms with van der Waals surface area (Å²) >= 11 is 0. The fraction of sp³-hybridized carbons (Fsp3) is 0.286. The third-order valence-corrected chi connectivity index (χ3v) is 2.91. The highest BCUT2D eigenvalue weighted by molar-refractivity contribution is 5.61. The maximum atomic E-state index is 9.99. The van der Waals surface area contributed by atoms with Crippen molar-refractivity contribution in [2.24, 2.45) is 10.2 Å². The highest BCUT2D eigenvalue weighted by Crippen LogP contribution is 2.31. The van der Waals surface area contributed by atoms with E-state index in [1.54, 1.807) is 30.5 Å². The number of anilines is 1. The molecule has 0 saturated heterocycles. The topological polar surface area (TPSA) is 74.0 Å². The van der Waals surface area contributed by atoms with Crippen molar-refractivity contribution in [2.45, 2.75) is 13.8 Å². The third kappa shape index (κ3) is 3.28. The van der Waals surface area contributed by atoms with Gasteiger partial charge < -0.3 is 10.0 Å². The average Bonchev–Trinajstić information content (AvgIpc) is 2.49. The number of hydrogen-bond acceptors (Lipinski definition) is 6. The summed E-state index contributed by atoms with van der Waals surface area (Å²) in [6.45, 7) is 5.91. The molecule has 0 aliphatic heterocycles. The molecule has 0 saturated carbocycles. The van der Waals surface area contributed by atoms with Crippen molar-refractivity contribution in [3.63, 3.8) is 0 Å². The molecule has 0 aliphatic rings. The first-order valence-electron chi connectivity index (χ1n) is 6.52. The molecule has 2 aromatic rings. The molecule has 0 aliphatic carbocycles. The van der Waals surface area contributed by atoms with Gasteiger partial charge in [-0.2, -0.15) is 5.10 Å². The smallest absolute Gasteiger partial charge is 0.196 e. The Labute approximate surface area is 117 Å². The van der Waals surface area contributed by atoms with Crippen LogP contribution in [0.1, 0.15) is 13.8 Å². The van der Waals surface area contributed by atoms with E-state index >= 15 is 0 Å². The quantitative estimate of drug-likeness (QED) is 0.845. The van der Waals surface area contributed by atoms with Crippen LogP contribution in [-0.4, -0.2) is 28.4 Å². The van der Waals surface area contributed by atoms with Gasteiger partial charge in [-0.05, 0) is 38.1 Å². The minimum atomic E-state index is 0.0991. The molecule has 0 bridgehead atoms. The van der Waals surface area contributed by atoms with Gasteiger partial charge in [0.1, 0.15) is 11.4 Å². The van der Waals surface area contributed by atoms with Gasteiger partial charge >= 0.3 is 0 Å². The van der Waals surface area contributed by atoms with Crippen LogP contribution >= 0.6 is 0 Å². The predicted octanol–water partition coefficient (Wildman–Crippen LogP) is 3.44. The lowest BCUT2D eigenvalue weighted by atomic mass is 10.2.